The lowest BCUT2D eigenvalue weighted by molar-refractivity contribution is -0.120. The Bertz CT molecular complexity index is 1320. The van der Waals surface area contributed by atoms with Crippen molar-refractivity contribution in [1.29, 1.82) is 0 Å². The first-order valence-corrected chi connectivity index (χ1v) is 10.2. The first kappa shape index (κ1) is 18.3. The van der Waals surface area contributed by atoms with Crippen LogP contribution in [0.1, 0.15) is 4.88 Å². The maximum Gasteiger partial charge on any atom is 0.282 e. The Morgan fingerprint density at radius 1 is 0.833 bits per heavy atom. The molecular formula is C24H15FN2O2S. The molecule has 2 amide bonds. The molecule has 146 valence electrons. The average molecular weight is 414 g/mol. The summed E-state index contributed by atoms with van der Waals surface area (Å²) in [5, 5.41) is 6.99. The third kappa shape index (κ3) is 2.98. The molecule has 1 aromatic heterocycles. The van der Waals surface area contributed by atoms with E-state index in [0.29, 0.717) is 4.88 Å². The maximum absolute atomic E-state index is 13.8. The highest BCUT2D eigenvalue weighted by molar-refractivity contribution is 7.11. The summed E-state index contributed by atoms with van der Waals surface area (Å²) in [4.78, 5) is 28.3. The number of benzene rings is 3. The van der Waals surface area contributed by atoms with Crippen molar-refractivity contribution in [2.24, 2.45) is 0 Å². The number of nitrogens with one attached hydrogen (secondary N) is 1. The van der Waals surface area contributed by atoms with Gasteiger partial charge in [0, 0.05) is 16.0 Å². The number of amides is 2. The average Bonchev–Trinajstić information content (AvgIpc) is 3.35. The van der Waals surface area contributed by atoms with Crippen molar-refractivity contribution in [2.75, 3.05) is 10.2 Å². The van der Waals surface area contributed by atoms with Crippen LogP contribution in [0.2, 0.25) is 0 Å². The third-order valence-electron chi connectivity index (χ3n) is 4.97. The normalized spacial score (nSPS) is 14.1. The van der Waals surface area contributed by atoms with Crippen molar-refractivity contribution in [3.05, 3.63) is 101 Å². The van der Waals surface area contributed by atoms with Gasteiger partial charge in [0.15, 0.2) is 0 Å². The zero-order valence-electron chi connectivity index (χ0n) is 15.6. The van der Waals surface area contributed by atoms with Crippen LogP contribution in [-0.2, 0) is 9.59 Å². The number of carbonyl (C=O) groups excluding carboxylic acids is 2. The molecule has 3 aromatic carbocycles. The molecule has 1 N–H and O–H groups in total. The second-order valence-corrected chi connectivity index (χ2v) is 7.75. The summed E-state index contributed by atoms with van der Waals surface area (Å²) in [5.74, 6) is -1.50. The topological polar surface area (TPSA) is 49.4 Å². The van der Waals surface area contributed by atoms with Gasteiger partial charge >= 0.3 is 0 Å². The lowest BCUT2D eigenvalue weighted by atomic mass is 10.1. The monoisotopic (exact) mass is 414 g/mol. The van der Waals surface area contributed by atoms with Crippen molar-refractivity contribution >= 4 is 50.9 Å². The molecule has 0 radical (unpaired) electrons. The Balaban J connectivity index is 1.65. The van der Waals surface area contributed by atoms with Crippen molar-refractivity contribution in [3.8, 4) is 0 Å². The smallest absolute Gasteiger partial charge is 0.282 e. The van der Waals surface area contributed by atoms with Gasteiger partial charge in [0.2, 0.25) is 0 Å². The molecule has 0 bridgehead atoms. The van der Waals surface area contributed by atoms with E-state index in [1.54, 1.807) is 12.1 Å². The molecule has 0 saturated carbocycles. The number of hydrogen-bond acceptors (Lipinski definition) is 4. The SMILES string of the molecule is O=C1C(Nc2cccc3ccccc23)=C(c2cccs2)C(=O)N1c1cccc(F)c1. The van der Waals surface area contributed by atoms with E-state index in [9.17, 15) is 14.0 Å². The van der Waals surface area contributed by atoms with E-state index < -0.39 is 17.6 Å². The fraction of sp³-hybridized carbons (Fsp3) is 0. The Hall–Kier alpha value is -3.77. The lowest BCUT2D eigenvalue weighted by Gasteiger charge is -2.15. The molecule has 0 spiro atoms. The van der Waals surface area contributed by atoms with E-state index in [4.69, 9.17) is 0 Å². The van der Waals surface area contributed by atoms with E-state index in [0.717, 1.165) is 21.4 Å². The van der Waals surface area contributed by atoms with Crippen molar-refractivity contribution in [2.45, 2.75) is 0 Å². The van der Waals surface area contributed by atoms with Gasteiger partial charge in [-0.05, 0) is 41.1 Å². The minimum Gasteiger partial charge on any atom is -0.350 e. The summed E-state index contributed by atoms with van der Waals surface area (Å²) < 4.78 is 13.8. The van der Waals surface area contributed by atoms with Crippen LogP contribution in [0, 0.1) is 5.82 Å². The molecule has 4 aromatic rings. The molecule has 6 heteroatoms. The molecule has 1 aliphatic rings. The molecule has 1 aliphatic heterocycles. The first-order chi connectivity index (χ1) is 14.6. The summed E-state index contributed by atoms with van der Waals surface area (Å²) in [6, 6.07) is 22.6. The van der Waals surface area contributed by atoms with Crippen molar-refractivity contribution in [3.63, 3.8) is 0 Å². The first-order valence-electron chi connectivity index (χ1n) is 9.31. The number of imide groups is 1. The van der Waals surface area contributed by atoms with Crippen LogP contribution in [0.5, 0.6) is 0 Å². The Morgan fingerprint density at radius 2 is 1.63 bits per heavy atom. The molecule has 5 rings (SSSR count). The third-order valence-corrected chi connectivity index (χ3v) is 5.85. The summed E-state index contributed by atoms with van der Waals surface area (Å²) >= 11 is 1.37. The summed E-state index contributed by atoms with van der Waals surface area (Å²) in [5.41, 5.74) is 1.39. The lowest BCUT2D eigenvalue weighted by Crippen LogP contribution is -2.32. The van der Waals surface area contributed by atoms with Gasteiger partial charge < -0.3 is 5.32 Å². The highest BCUT2D eigenvalue weighted by Crippen LogP contribution is 2.36. The summed E-state index contributed by atoms with van der Waals surface area (Å²) in [7, 11) is 0. The number of anilines is 2. The number of nitrogens with zero attached hydrogens (tertiary/aromatic N) is 1. The standard InChI is InChI=1S/C24H15FN2O2S/c25-16-8-4-9-17(14-16)27-23(28)21(20-12-5-13-30-20)22(24(27)29)26-19-11-3-7-15-6-1-2-10-18(15)19/h1-14,26H. The van der Waals surface area contributed by atoms with Gasteiger partial charge in [0.25, 0.3) is 11.8 Å². The zero-order chi connectivity index (χ0) is 20.7. The van der Waals surface area contributed by atoms with Crippen LogP contribution >= 0.6 is 11.3 Å². The second kappa shape index (κ2) is 7.24. The quantitative estimate of drug-likeness (QED) is 0.453. The second-order valence-electron chi connectivity index (χ2n) is 6.80. The number of rotatable bonds is 4. The number of fused-ring (bicyclic) bond motifs is 1. The highest BCUT2D eigenvalue weighted by atomic mass is 32.1. The number of halogens is 1. The van der Waals surface area contributed by atoms with Gasteiger partial charge in [-0.15, -0.1) is 11.3 Å². The number of carbonyl (C=O) groups is 2. The molecule has 4 nitrogen and oxygen atoms in total. The Labute approximate surface area is 175 Å². The summed E-state index contributed by atoms with van der Waals surface area (Å²) in [6.45, 7) is 0. The minimum atomic E-state index is -0.513. The fourth-order valence-corrected chi connectivity index (χ4v) is 4.38. The Morgan fingerprint density at radius 3 is 2.43 bits per heavy atom. The van der Waals surface area contributed by atoms with Crippen LogP contribution in [0.15, 0.2) is 89.9 Å². The molecule has 30 heavy (non-hydrogen) atoms. The van der Waals surface area contributed by atoms with Crippen LogP contribution in [0.25, 0.3) is 16.3 Å². The van der Waals surface area contributed by atoms with E-state index >= 15 is 0 Å². The molecule has 0 fully saturated rings. The number of thiophene rings is 1. The molecule has 0 atom stereocenters. The van der Waals surface area contributed by atoms with E-state index in [-0.39, 0.29) is 17.0 Å². The van der Waals surface area contributed by atoms with Crippen molar-refractivity contribution < 1.29 is 14.0 Å². The maximum atomic E-state index is 13.8. The van der Waals surface area contributed by atoms with Gasteiger partial charge in [-0.2, -0.15) is 0 Å². The molecule has 2 heterocycles. The molecule has 0 unspecified atom stereocenters. The van der Waals surface area contributed by atoms with Crippen LogP contribution in [0.4, 0.5) is 15.8 Å². The minimum absolute atomic E-state index is 0.183. The van der Waals surface area contributed by atoms with Crippen LogP contribution in [-0.4, -0.2) is 11.8 Å². The Kier molecular flexibility index (Phi) is 4.41. The van der Waals surface area contributed by atoms with E-state index in [2.05, 4.69) is 5.32 Å². The summed E-state index contributed by atoms with van der Waals surface area (Å²) in [6.07, 6.45) is 0. The van der Waals surface area contributed by atoms with Gasteiger partial charge in [0.1, 0.15) is 11.5 Å². The van der Waals surface area contributed by atoms with Gasteiger partial charge in [0.05, 0.1) is 11.3 Å². The van der Waals surface area contributed by atoms with Gasteiger partial charge in [-0.25, -0.2) is 9.29 Å². The zero-order valence-corrected chi connectivity index (χ0v) is 16.4. The van der Waals surface area contributed by atoms with Gasteiger partial charge in [-0.1, -0.05) is 48.5 Å². The van der Waals surface area contributed by atoms with Gasteiger partial charge in [-0.3, -0.25) is 9.59 Å². The van der Waals surface area contributed by atoms with Crippen LogP contribution < -0.4 is 10.2 Å². The molecule has 0 saturated heterocycles. The van der Waals surface area contributed by atoms with E-state index in [1.807, 2.05) is 53.9 Å². The predicted octanol–water partition coefficient (Wildman–Crippen LogP) is 5.44. The van der Waals surface area contributed by atoms with E-state index in [1.165, 1.54) is 29.5 Å². The van der Waals surface area contributed by atoms with Crippen molar-refractivity contribution in [1.82, 2.24) is 0 Å². The molecule has 0 aliphatic carbocycles. The fourth-order valence-electron chi connectivity index (χ4n) is 3.61. The predicted molar refractivity (Wildman–Crippen MR) is 118 cm³/mol. The highest BCUT2D eigenvalue weighted by Gasteiger charge is 2.40. The van der Waals surface area contributed by atoms with Crippen LogP contribution in [0.3, 0.4) is 0 Å². The largest absolute Gasteiger partial charge is 0.350 e. The molecular weight excluding hydrogens is 399 g/mol. The number of hydrogen-bond donors (Lipinski definition) is 1.